The molecule has 0 heterocycles. The highest BCUT2D eigenvalue weighted by molar-refractivity contribution is 7.80. The summed E-state index contributed by atoms with van der Waals surface area (Å²) in [4.78, 5) is 12.6. The fourth-order valence-electron chi connectivity index (χ4n) is 1.04. The van der Waals surface area contributed by atoms with E-state index in [4.69, 9.17) is 4.55 Å². The number of nitrogens with zero attached hydrogens (tertiary/aromatic N) is 1. The Morgan fingerprint density at radius 3 is 2.33 bits per heavy atom. The third-order valence-electron chi connectivity index (χ3n) is 1.67. The normalized spacial score (nSPS) is 13.3. The van der Waals surface area contributed by atoms with Gasteiger partial charge in [0.25, 0.3) is 5.91 Å². The summed E-state index contributed by atoms with van der Waals surface area (Å²) in [5.74, 6) is -0.423. The highest BCUT2D eigenvalue weighted by atomic mass is 32.3. The Hall–Kier alpha value is -0.920. The van der Waals surface area contributed by atoms with Gasteiger partial charge in [-0.05, 0) is 20.8 Å². The van der Waals surface area contributed by atoms with E-state index in [1.54, 1.807) is 6.92 Å². The maximum absolute atomic E-state index is 11.5. The van der Waals surface area contributed by atoms with E-state index in [9.17, 15) is 13.2 Å². The van der Waals surface area contributed by atoms with Crippen molar-refractivity contribution in [1.82, 2.24) is 4.90 Å². The van der Waals surface area contributed by atoms with Gasteiger partial charge in [0.05, 0.1) is 0 Å². The Labute approximate surface area is 89.5 Å². The first kappa shape index (κ1) is 14.1. The smallest absolute Gasteiger partial charge is 0.312 e. The van der Waals surface area contributed by atoms with Crippen molar-refractivity contribution in [3.8, 4) is 0 Å². The second kappa shape index (κ2) is 5.24. The largest absolute Gasteiger partial charge is 0.399 e. The van der Waals surface area contributed by atoms with Crippen LogP contribution in [0.5, 0.6) is 0 Å². The third-order valence-corrected chi connectivity index (χ3v) is 2.19. The van der Waals surface area contributed by atoms with Crippen LogP contribution in [0.25, 0.3) is 0 Å². The van der Waals surface area contributed by atoms with E-state index in [0.717, 1.165) is 4.90 Å². The molecule has 15 heavy (non-hydrogen) atoms. The summed E-state index contributed by atoms with van der Waals surface area (Å²) in [5, 5.41) is 0. The van der Waals surface area contributed by atoms with Gasteiger partial charge in [0, 0.05) is 12.1 Å². The molecule has 0 saturated heterocycles. The summed E-state index contributed by atoms with van der Waals surface area (Å²) in [7, 11) is -4.56. The van der Waals surface area contributed by atoms with Crippen molar-refractivity contribution in [2.75, 3.05) is 6.54 Å². The Balaban J connectivity index is 4.69. The van der Waals surface area contributed by atoms with E-state index >= 15 is 0 Å². The number of likely N-dealkylation sites (N-methyl/N-ethyl adjacent to an activating group) is 1. The van der Waals surface area contributed by atoms with Gasteiger partial charge in [-0.25, -0.2) is 4.18 Å². The van der Waals surface area contributed by atoms with E-state index < -0.39 is 22.5 Å². The molecule has 1 atom stereocenters. The second-order valence-corrected chi connectivity index (χ2v) is 4.04. The van der Waals surface area contributed by atoms with Crippen LogP contribution >= 0.6 is 0 Å². The minimum absolute atomic E-state index is 0.252. The van der Waals surface area contributed by atoms with Crippen LogP contribution in [-0.2, 0) is 19.4 Å². The maximum atomic E-state index is 11.5. The maximum Gasteiger partial charge on any atom is 0.399 e. The van der Waals surface area contributed by atoms with Gasteiger partial charge in [-0.1, -0.05) is 6.58 Å². The topological polar surface area (TPSA) is 83.9 Å². The zero-order valence-corrected chi connectivity index (χ0v) is 9.74. The Morgan fingerprint density at radius 1 is 1.60 bits per heavy atom. The van der Waals surface area contributed by atoms with E-state index in [1.807, 2.05) is 0 Å². The first-order chi connectivity index (χ1) is 6.69. The Bertz CT molecular complexity index is 348. The molecule has 0 aliphatic rings. The minimum Gasteiger partial charge on any atom is -0.312 e. The summed E-state index contributed by atoms with van der Waals surface area (Å²) in [6.07, 6.45) is -1.06. The standard InChI is InChI=1S/C8H15NO5S/c1-5-9(8(10)6(2)3)7(4)14-15(11,12)13/h7H,2,5H2,1,3-4H3,(H,11,12,13). The van der Waals surface area contributed by atoms with Gasteiger partial charge in [-0.2, -0.15) is 8.42 Å². The van der Waals surface area contributed by atoms with Gasteiger partial charge in [0.15, 0.2) is 6.23 Å². The van der Waals surface area contributed by atoms with Crippen LogP contribution < -0.4 is 0 Å². The Morgan fingerprint density at radius 2 is 2.07 bits per heavy atom. The van der Waals surface area contributed by atoms with E-state index in [1.165, 1.54) is 13.8 Å². The number of carbonyl (C=O) groups is 1. The van der Waals surface area contributed by atoms with Crippen molar-refractivity contribution in [3.05, 3.63) is 12.2 Å². The van der Waals surface area contributed by atoms with Crippen LogP contribution in [-0.4, -0.2) is 36.6 Å². The summed E-state index contributed by atoms with van der Waals surface area (Å²) in [5.41, 5.74) is 0.266. The predicted octanol–water partition coefficient (Wildman–Crippen LogP) is 0.576. The average Bonchev–Trinajstić information content (AvgIpc) is 2.01. The highest BCUT2D eigenvalue weighted by Gasteiger charge is 2.23. The molecule has 0 aliphatic heterocycles. The number of hydrogen-bond acceptors (Lipinski definition) is 4. The predicted molar refractivity (Wildman–Crippen MR) is 54.3 cm³/mol. The lowest BCUT2D eigenvalue weighted by Crippen LogP contribution is -2.41. The second-order valence-electron chi connectivity index (χ2n) is 2.99. The summed E-state index contributed by atoms with van der Waals surface area (Å²) < 4.78 is 33.6. The molecule has 1 unspecified atom stereocenters. The number of amides is 1. The molecule has 0 saturated carbocycles. The van der Waals surface area contributed by atoms with Crippen molar-refractivity contribution in [3.63, 3.8) is 0 Å². The van der Waals surface area contributed by atoms with Crippen LogP contribution in [0, 0.1) is 0 Å². The molecule has 6 nitrogen and oxygen atoms in total. The van der Waals surface area contributed by atoms with Crippen molar-refractivity contribution in [2.24, 2.45) is 0 Å². The molecule has 0 bridgehead atoms. The molecule has 0 aliphatic carbocycles. The quantitative estimate of drug-likeness (QED) is 0.429. The summed E-state index contributed by atoms with van der Waals surface area (Å²) >= 11 is 0. The molecular formula is C8H15NO5S. The first-order valence-corrected chi connectivity index (χ1v) is 5.67. The summed E-state index contributed by atoms with van der Waals surface area (Å²) in [6.45, 7) is 8.20. The van der Waals surface area contributed by atoms with Gasteiger partial charge in [0.1, 0.15) is 0 Å². The lowest BCUT2D eigenvalue weighted by Gasteiger charge is -2.26. The lowest BCUT2D eigenvalue weighted by molar-refractivity contribution is -0.133. The molecule has 0 aromatic carbocycles. The van der Waals surface area contributed by atoms with Crippen molar-refractivity contribution >= 4 is 16.3 Å². The highest BCUT2D eigenvalue weighted by Crippen LogP contribution is 2.08. The SMILES string of the molecule is C=C(C)C(=O)N(CC)C(C)OS(=O)(=O)O. The van der Waals surface area contributed by atoms with Gasteiger partial charge in [-0.15, -0.1) is 0 Å². The van der Waals surface area contributed by atoms with Gasteiger partial charge in [0.2, 0.25) is 0 Å². The average molecular weight is 237 g/mol. The van der Waals surface area contributed by atoms with Crippen LogP contribution in [0.15, 0.2) is 12.2 Å². The van der Waals surface area contributed by atoms with Gasteiger partial charge < -0.3 is 4.90 Å². The van der Waals surface area contributed by atoms with E-state index in [2.05, 4.69) is 10.8 Å². The number of carbonyl (C=O) groups excluding carboxylic acids is 1. The molecule has 1 amide bonds. The van der Waals surface area contributed by atoms with Crippen molar-refractivity contribution in [1.29, 1.82) is 0 Å². The fourth-order valence-corrected chi connectivity index (χ4v) is 1.49. The van der Waals surface area contributed by atoms with Crippen LogP contribution in [0.4, 0.5) is 0 Å². The molecule has 7 heteroatoms. The zero-order chi connectivity index (χ0) is 12.2. The lowest BCUT2D eigenvalue weighted by atomic mass is 10.3. The first-order valence-electron chi connectivity index (χ1n) is 4.31. The molecule has 0 rings (SSSR count). The van der Waals surface area contributed by atoms with Gasteiger partial charge >= 0.3 is 10.4 Å². The van der Waals surface area contributed by atoms with E-state index in [-0.39, 0.29) is 12.1 Å². The Kier molecular flexibility index (Phi) is 4.92. The molecule has 0 aromatic heterocycles. The van der Waals surface area contributed by atoms with Crippen molar-refractivity contribution < 1.29 is 21.9 Å². The molecule has 0 aromatic rings. The minimum atomic E-state index is -4.56. The molecule has 1 N–H and O–H groups in total. The molecule has 0 spiro atoms. The van der Waals surface area contributed by atoms with Crippen molar-refractivity contribution in [2.45, 2.75) is 27.0 Å². The molecule has 0 radical (unpaired) electrons. The zero-order valence-electron chi connectivity index (χ0n) is 8.93. The van der Waals surface area contributed by atoms with Crippen LogP contribution in [0.3, 0.4) is 0 Å². The number of hydrogen-bond donors (Lipinski definition) is 1. The number of rotatable bonds is 5. The third kappa shape index (κ3) is 4.91. The molecule has 0 fully saturated rings. The van der Waals surface area contributed by atoms with Crippen LogP contribution in [0.2, 0.25) is 0 Å². The molecular weight excluding hydrogens is 222 g/mol. The summed E-state index contributed by atoms with van der Waals surface area (Å²) in [6, 6.07) is 0. The van der Waals surface area contributed by atoms with Crippen LogP contribution in [0.1, 0.15) is 20.8 Å². The van der Waals surface area contributed by atoms with Gasteiger partial charge in [-0.3, -0.25) is 9.35 Å². The van der Waals surface area contributed by atoms with E-state index in [0.29, 0.717) is 0 Å². The fraction of sp³-hybridized carbons (Fsp3) is 0.625. The monoisotopic (exact) mass is 237 g/mol. The molecule has 88 valence electrons.